The maximum absolute atomic E-state index is 12.7. The molecule has 0 unspecified atom stereocenters. The maximum atomic E-state index is 12.7. The number of hydrogen-bond donors (Lipinski definition) is 2. The van der Waals surface area contributed by atoms with E-state index in [0.717, 1.165) is 36.3 Å². The number of aromatic nitrogens is 2. The van der Waals surface area contributed by atoms with Crippen molar-refractivity contribution in [3.05, 3.63) is 54.6 Å². The minimum absolute atomic E-state index is 0.278. The van der Waals surface area contributed by atoms with Crippen molar-refractivity contribution >= 4 is 29.2 Å². The second kappa shape index (κ2) is 10.3. The van der Waals surface area contributed by atoms with Gasteiger partial charge in [0, 0.05) is 22.6 Å². The minimum atomic E-state index is -4.76. The van der Waals surface area contributed by atoms with Crippen molar-refractivity contribution in [2.45, 2.75) is 49.4 Å². The molecule has 1 aliphatic carbocycles. The van der Waals surface area contributed by atoms with Crippen LogP contribution < -0.4 is 15.4 Å². The van der Waals surface area contributed by atoms with E-state index in [0.29, 0.717) is 23.0 Å². The van der Waals surface area contributed by atoms with Crippen LogP contribution >= 0.6 is 11.8 Å². The summed E-state index contributed by atoms with van der Waals surface area (Å²) in [6.07, 6.45) is 2.85. The van der Waals surface area contributed by atoms with E-state index in [1.807, 2.05) is 30.5 Å². The molecule has 33 heavy (non-hydrogen) atoms. The first kappa shape index (κ1) is 23.2. The van der Waals surface area contributed by atoms with Gasteiger partial charge >= 0.3 is 6.36 Å². The SMILES string of the molecule is CSc1ccccc1Nc1cc(-c2cccc(OC(F)(F)F)c2)nc(NC2CCCCC2)n1. The summed E-state index contributed by atoms with van der Waals surface area (Å²) in [7, 11) is 0. The number of hydrogen-bond acceptors (Lipinski definition) is 6. The monoisotopic (exact) mass is 474 g/mol. The summed E-state index contributed by atoms with van der Waals surface area (Å²) < 4.78 is 42.2. The molecule has 1 fully saturated rings. The molecule has 1 aliphatic rings. The molecule has 0 amide bonds. The van der Waals surface area contributed by atoms with E-state index in [9.17, 15) is 13.2 Å². The van der Waals surface area contributed by atoms with Crippen molar-refractivity contribution in [2.75, 3.05) is 16.9 Å². The van der Waals surface area contributed by atoms with E-state index in [2.05, 4.69) is 25.3 Å². The van der Waals surface area contributed by atoms with E-state index in [-0.39, 0.29) is 11.8 Å². The average Bonchev–Trinajstić information content (AvgIpc) is 2.79. The van der Waals surface area contributed by atoms with Crippen LogP contribution in [0.15, 0.2) is 59.5 Å². The zero-order valence-corrected chi connectivity index (χ0v) is 19.0. The number of alkyl halides is 3. The number of benzene rings is 2. The average molecular weight is 475 g/mol. The number of anilines is 3. The number of nitrogens with zero attached hydrogens (tertiary/aromatic N) is 2. The van der Waals surface area contributed by atoms with Crippen LogP contribution in [-0.4, -0.2) is 28.6 Å². The molecule has 174 valence electrons. The lowest BCUT2D eigenvalue weighted by Crippen LogP contribution is -2.23. The molecular weight excluding hydrogens is 449 g/mol. The largest absolute Gasteiger partial charge is 0.573 e. The number of thioether (sulfide) groups is 1. The van der Waals surface area contributed by atoms with Crippen LogP contribution in [0.1, 0.15) is 32.1 Å². The Bertz CT molecular complexity index is 1090. The standard InChI is InChI=1S/C24H25F3N4OS/c1-33-21-13-6-5-12-19(21)29-22-15-20(16-8-7-11-18(14-16)32-24(25,26)27)30-23(31-22)28-17-9-3-2-4-10-17/h5-8,11-15,17H,2-4,9-10H2,1H3,(H2,28,29,30,31). The first-order valence-corrected chi connectivity index (χ1v) is 12.0. The van der Waals surface area contributed by atoms with Crippen molar-refractivity contribution in [1.82, 2.24) is 9.97 Å². The van der Waals surface area contributed by atoms with Gasteiger partial charge in [-0.15, -0.1) is 24.9 Å². The van der Waals surface area contributed by atoms with E-state index < -0.39 is 6.36 Å². The zero-order valence-electron chi connectivity index (χ0n) is 18.2. The lowest BCUT2D eigenvalue weighted by molar-refractivity contribution is -0.274. The Labute approximate surface area is 195 Å². The van der Waals surface area contributed by atoms with Gasteiger partial charge in [-0.3, -0.25) is 0 Å². The van der Waals surface area contributed by atoms with Crippen LogP contribution in [0.3, 0.4) is 0 Å². The predicted octanol–water partition coefficient (Wildman–Crippen LogP) is 7.25. The van der Waals surface area contributed by atoms with Crippen LogP contribution in [0.5, 0.6) is 5.75 Å². The number of halogens is 3. The van der Waals surface area contributed by atoms with Crippen molar-refractivity contribution in [2.24, 2.45) is 0 Å². The zero-order chi connectivity index (χ0) is 23.3. The Morgan fingerprint density at radius 1 is 0.970 bits per heavy atom. The van der Waals surface area contributed by atoms with Gasteiger partial charge in [0.05, 0.1) is 11.4 Å². The third kappa shape index (κ3) is 6.54. The number of nitrogens with one attached hydrogen (secondary N) is 2. The Balaban J connectivity index is 1.69. The van der Waals surface area contributed by atoms with Gasteiger partial charge in [0.2, 0.25) is 5.95 Å². The molecule has 2 aromatic carbocycles. The van der Waals surface area contributed by atoms with Gasteiger partial charge in [-0.2, -0.15) is 4.98 Å². The molecule has 2 N–H and O–H groups in total. The van der Waals surface area contributed by atoms with Crippen LogP contribution in [0.25, 0.3) is 11.3 Å². The fourth-order valence-electron chi connectivity index (χ4n) is 3.89. The third-order valence-electron chi connectivity index (χ3n) is 5.40. The van der Waals surface area contributed by atoms with Gasteiger partial charge < -0.3 is 15.4 Å². The number of rotatable bonds is 7. The lowest BCUT2D eigenvalue weighted by atomic mass is 9.96. The molecule has 0 bridgehead atoms. The first-order chi connectivity index (χ1) is 15.9. The Morgan fingerprint density at radius 3 is 2.52 bits per heavy atom. The number of para-hydroxylation sites is 1. The van der Waals surface area contributed by atoms with Gasteiger partial charge in [0.1, 0.15) is 11.6 Å². The normalized spacial score (nSPS) is 14.7. The molecule has 3 aromatic rings. The van der Waals surface area contributed by atoms with E-state index in [1.165, 1.54) is 24.6 Å². The summed E-state index contributed by atoms with van der Waals surface area (Å²) >= 11 is 1.61. The molecule has 0 radical (unpaired) electrons. The molecule has 1 aromatic heterocycles. The maximum Gasteiger partial charge on any atom is 0.573 e. The van der Waals surface area contributed by atoms with Gasteiger partial charge in [-0.05, 0) is 43.4 Å². The second-order valence-electron chi connectivity index (χ2n) is 7.84. The van der Waals surface area contributed by atoms with Gasteiger partial charge in [0.15, 0.2) is 0 Å². The lowest BCUT2D eigenvalue weighted by Gasteiger charge is -2.23. The van der Waals surface area contributed by atoms with Gasteiger partial charge in [0.25, 0.3) is 0 Å². The van der Waals surface area contributed by atoms with Crippen LogP contribution in [-0.2, 0) is 0 Å². The van der Waals surface area contributed by atoms with E-state index >= 15 is 0 Å². The van der Waals surface area contributed by atoms with Crippen LogP contribution in [0.2, 0.25) is 0 Å². The summed E-state index contributed by atoms with van der Waals surface area (Å²) in [5.41, 5.74) is 1.90. The highest BCUT2D eigenvalue weighted by Crippen LogP contribution is 2.32. The third-order valence-corrected chi connectivity index (χ3v) is 6.19. The molecule has 0 atom stereocenters. The summed E-state index contributed by atoms with van der Waals surface area (Å²) in [5, 5.41) is 6.76. The Hall–Kier alpha value is -2.94. The summed E-state index contributed by atoms with van der Waals surface area (Å²) in [6.45, 7) is 0. The van der Waals surface area contributed by atoms with Crippen molar-refractivity contribution < 1.29 is 17.9 Å². The second-order valence-corrected chi connectivity index (χ2v) is 8.69. The molecule has 0 spiro atoms. The molecule has 0 aliphatic heterocycles. The number of ether oxygens (including phenoxy) is 1. The summed E-state index contributed by atoms with van der Waals surface area (Å²) in [6, 6.07) is 15.7. The fourth-order valence-corrected chi connectivity index (χ4v) is 4.45. The molecule has 1 heterocycles. The van der Waals surface area contributed by atoms with Crippen molar-refractivity contribution in [3.63, 3.8) is 0 Å². The molecule has 0 saturated heterocycles. The smallest absolute Gasteiger partial charge is 0.406 e. The molecule has 4 rings (SSSR count). The topological polar surface area (TPSA) is 59.1 Å². The molecule has 9 heteroatoms. The summed E-state index contributed by atoms with van der Waals surface area (Å²) in [5.74, 6) is 0.718. The van der Waals surface area contributed by atoms with Crippen molar-refractivity contribution in [1.29, 1.82) is 0 Å². The Kier molecular flexibility index (Phi) is 7.27. The van der Waals surface area contributed by atoms with Crippen LogP contribution in [0, 0.1) is 0 Å². The van der Waals surface area contributed by atoms with E-state index in [1.54, 1.807) is 23.9 Å². The van der Waals surface area contributed by atoms with Crippen molar-refractivity contribution in [3.8, 4) is 17.0 Å². The fraction of sp³-hybridized carbons (Fsp3) is 0.333. The van der Waals surface area contributed by atoms with Crippen LogP contribution in [0.4, 0.5) is 30.6 Å². The Morgan fingerprint density at radius 2 is 1.76 bits per heavy atom. The molecule has 5 nitrogen and oxygen atoms in total. The van der Waals surface area contributed by atoms with Gasteiger partial charge in [-0.1, -0.05) is 43.5 Å². The van der Waals surface area contributed by atoms with Gasteiger partial charge in [-0.25, -0.2) is 4.98 Å². The quantitative estimate of drug-likeness (QED) is 0.352. The van der Waals surface area contributed by atoms with E-state index in [4.69, 9.17) is 0 Å². The minimum Gasteiger partial charge on any atom is -0.406 e. The molecular formula is C24H25F3N4OS. The first-order valence-electron chi connectivity index (χ1n) is 10.8. The predicted molar refractivity (Wildman–Crippen MR) is 126 cm³/mol. The summed E-state index contributed by atoms with van der Waals surface area (Å²) in [4.78, 5) is 10.3. The highest BCUT2D eigenvalue weighted by molar-refractivity contribution is 7.98. The highest BCUT2D eigenvalue weighted by atomic mass is 32.2. The molecule has 1 saturated carbocycles. The highest BCUT2D eigenvalue weighted by Gasteiger charge is 2.31.